The van der Waals surface area contributed by atoms with Crippen LogP contribution in [0.25, 0.3) is 0 Å². The van der Waals surface area contributed by atoms with E-state index < -0.39 is 0 Å². The number of anilines is 1. The molecule has 0 aliphatic carbocycles. The summed E-state index contributed by atoms with van der Waals surface area (Å²) < 4.78 is 0. The zero-order chi connectivity index (χ0) is 17.6. The average Bonchev–Trinajstić information content (AvgIpc) is 2.66. The quantitative estimate of drug-likeness (QED) is 0.906. The lowest BCUT2D eigenvalue weighted by atomic mass is 9.99. The molecule has 2 aromatic heterocycles. The zero-order valence-corrected chi connectivity index (χ0v) is 14.9. The highest BCUT2D eigenvalue weighted by Gasteiger charge is 2.27. The molecular formula is C19H25N5O. The monoisotopic (exact) mass is 339 g/mol. The predicted octanol–water partition coefficient (Wildman–Crippen LogP) is 3.20. The molecule has 1 fully saturated rings. The Morgan fingerprint density at radius 1 is 1.28 bits per heavy atom. The molecular weight excluding hydrogens is 314 g/mol. The molecule has 1 saturated heterocycles. The number of carbonyl (C=O) groups is 1. The summed E-state index contributed by atoms with van der Waals surface area (Å²) in [5.41, 5.74) is 1.59. The third-order valence-electron chi connectivity index (χ3n) is 4.64. The molecule has 1 unspecified atom stereocenters. The first kappa shape index (κ1) is 17.3. The number of aryl methyl sites for hydroxylation is 1. The molecule has 1 amide bonds. The van der Waals surface area contributed by atoms with Gasteiger partial charge in [0.1, 0.15) is 17.3 Å². The number of piperidine rings is 1. The number of carbonyl (C=O) groups excluding carboxylic acids is 1. The Balaban J connectivity index is 1.75. The summed E-state index contributed by atoms with van der Waals surface area (Å²) in [7, 11) is 0. The fourth-order valence-corrected chi connectivity index (χ4v) is 3.30. The van der Waals surface area contributed by atoms with Crippen molar-refractivity contribution in [1.29, 1.82) is 0 Å². The van der Waals surface area contributed by atoms with Crippen molar-refractivity contribution in [3.8, 4) is 0 Å². The Kier molecular flexibility index (Phi) is 5.58. The van der Waals surface area contributed by atoms with Crippen molar-refractivity contribution in [3.05, 3.63) is 47.7 Å². The first-order chi connectivity index (χ1) is 12.2. The molecule has 1 aliphatic rings. The van der Waals surface area contributed by atoms with Gasteiger partial charge in [-0.15, -0.1) is 0 Å². The first-order valence-corrected chi connectivity index (χ1v) is 8.97. The van der Waals surface area contributed by atoms with Crippen molar-refractivity contribution < 1.29 is 4.79 Å². The summed E-state index contributed by atoms with van der Waals surface area (Å²) in [6.07, 6.45) is 7.86. The molecule has 3 rings (SSSR count). The number of hydrogen-bond acceptors (Lipinski definition) is 5. The Labute approximate surface area is 148 Å². The molecule has 132 valence electrons. The van der Waals surface area contributed by atoms with E-state index in [0.29, 0.717) is 29.9 Å². The molecule has 25 heavy (non-hydrogen) atoms. The number of pyridine rings is 1. The third kappa shape index (κ3) is 4.32. The summed E-state index contributed by atoms with van der Waals surface area (Å²) in [5, 5.41) is 3.28. The van der Waals surface area contributed by atoms with Crippen molar-refractivity contribution in [2.45, 2.75) is 52.1 Å². The molecule has 1 aliphatic heterocycles. The summed E-state index contributed by atoms with van der Waals surface area (Å²) in [6.45, 7) is 5.42. The van der Waals surface area contributed by atoms with Crippen LogP contribution in [0.2, 0.25) is 0 Å². The molecule has 0 saturated carbocycles. The SMILES string of the molecule is CCC1CCCCN1C(=O)c1cc(NCc2ccncc2)nc(C)n1. The minimum atomic E-state index is 0.0176. The van der Waals surface area contributed by atoms with Crippen LogP contribution >= 0.6 is 0 Å². The van der Waals surface area contributed by atoms with Gasteiger partial charge in [0.2, 0.25) is 0 Å². The molecule has 0 spiro atoms. The van der Waals surface area contributed by atoms with E-state index in [9.17, 15) is 4.79 Å². The highest BCUT2D eigenvalue weighted by atomic mass is 16.2. The molecule has 2 aromatic rings. The van der Waals surface area contributed by atoms with E-state index in [-0.39, 0.29) is 5.91 Å². The zero-order valence-electron chi connectivity index (χ0n) is 14.9. The van der Waals surface area contributed by atoms with Crippen molar-refractivity contribution in [3.63, 3.8) is 0 Å². The lowest BCUT2D eigenvalue weighted by Crippen LogP contribution is -2.43. The summed E-state index contributed by atoms with van der Waals surface area (Å²) in [6, 6.07) is 5.99. The van der Waals surface area contributed by atoms with E-state index >= 15 is 0 Å². The van der Waals surface area contributed by atoms with Gasteiger partial charge in [-0.1, -0.05) is 6.92 Å². The van der Waals surface area contributed by atoms with Crippen molar-refractivity contribution in [2.24, 2.45) is 0 Å². The Morgan fingerprint density at radius 3 is 2.84 bits per heavy atom. The minimum absolute atomic E-state index is 0.0176. The molecule has 6 nitrogen and oxygen atoms in total. The lowest BCUT2D eigenvalue weighted by Gasteiger charge is -2.35. The molecule has 1 atom stereocenters. The highest BCUT2D eigenvalue weighted by molar-refractivity contribution is 5.93. The number of hydrogen-bond donors (Lipinski definition) is 1. The van der Waals surface area contributed by atoms with Crippen LogP contribution in [-0.4, -0.2) is 38.3 Å². The van der Waals surface area contributed by atoms with Crippen LogP contribution in [0.15, 0.2) is 30.6 Å². The van der Waals surface area contributed by atoms with Gasteiger partial charge in [0, 0.05) is 37.6 Å². The average molecular weight is 339 g/mol. The molecule has 3 heterocycles. The van der Waals surface area contributed by atoms with E-state index in [1.807, 2.05) is 24.0 Å². The maximum absolute atomic E-state index is 12.9. The smallest absolute Gasteiger partial charge is 0.272 e. The third-order valence-corrected chi connectivity index (χ3v) is 4.64. The van der Waals surface area contributed by atoms with E-state index in [1.54, 1.807) is 18.5 Å². The van der Waals surface area contributed by atoms with E-state index in [1.165, 1.54) is 6.42 Å². The van der Waals surface area contributed by atoms with E-state index in [4.69, 9.17) is 0 Å². The maximum atomic E-state index is 12.9. The summed E-state index contributed by atoms with van der Waals surface area (Å²) in [5.74, 6) is 1.30. The van der Waals surface area contributed by atoms with Gasteiger partial charge < -0.3 is 10.2 Å². The Bertz CT molecular complexity index is 719. The molecule has 1 N–H and O–H groups in total. The van der Waals surface area contributed by atoms with E-state index in [2.05, 4.69) is 27.2 Å². The second kappa shape index (κ2) is 8.05. The van der Waals surface area contributed by atoms with Crippen LogP contribution in [0.5, 0.6) is 0 Å². The number of nitrogens with zero attached hydrogens (tertiary/aromatic N) is 4. The number of nitrogens with one attached hydrogen (secondary N) is 1. The minimum Gasteiger partial charge on any atom is -0.366 e. The van der Waals surface area contributed by atoms with Crippen LogP contribution in [0.4, 0.5) is 5.82 Å². The van der Waals surface area contributed by atoms with Crippen molar-refractivity contribution in [2.75, 3.05) is 11.9 Å². The number of rotatable bonds is 5. The lowest BCUT2D eigenvalue weighted by molar-refractivity contribution is 0.0601. The van der Waals surface area contributed by atoms with Gasteiger partial charge >= 0.3 is 0 Å². The van der Waals surface area contributed by atoms with Gasteiger partial charge in [-0.05, 0) is 50.3 Å². The first-order valence-electron chi connectivity index (χ1n) is 8.97. The Morgan fingerprint density at radius 2 is 2.08 bits per heavy atom. The van der Waals surface area contributed by atoms with Crippen LogP contribution in [-0.2, 0) is 6.54 Å². The maximum Gasteiger partial charge on any atom is 0.272 e. The normalized spacial score (nSPS) is 17.4. The molecule has 0 bridgehead atoms. The van der Waals surface area contributed by atoms with Gasteiger partial charge in [-0.2, -0.15) is 0 Å². The van der Waals surface area contributed by atoms with Crippen molar-refractivity contribution in [1.82, 2.24) is 19.9 Å². The molecule has 0 radical (unpaired) electrons. The standard InChI is InChI=1S/C19H25N5O/c1-3-16-6-4-5-11-24(16)19(25)17-12-18(23-14(2)22-17)21-13-15-7-9-20-10-8-15/h7-10,12,16H,3-6,11,13H2,1-2H3,(H,21,22,23). The number of likely N-dealkylation sites (tertiary alicyclic amines) is 1. The predicted molar refractivity (Wildman–Crippen MR) is 97.3 cm³/mol. The molecule has 6 heteroatoms. The second-order valence-corrected chi connectivity index (χ2v) is 6.45. The largest absolute Gasteiger partial charge is 0.366 e. The topological polar surface area (TPSA) is 71.0 Å². The summed E-state index contributed by atoms with van der Waals surface area (Å²) >= 11 is 0. The molecule has 0 aromatic carbocycles. The fraction of sp³-hybridized carbons (Fsp3) is 0.474. The van der Waals surface area contributed by atoms with Crippen molar-refractivity contribution >= 4 is 11.7 Å². The Hall–Kier alpha value is -2.50. The second-order valence-electron chi connectivity index (χ2n) is 6.45. The van der Waals surface area contributed by atoms with Gasteiger partial charge in [0.15, 0.2) is 0 Å². The van der Waals surface area contributed by atoms with Gasteiger partial charge in [0.05, 0.1) is 0 Å². The summed E-state index contributed by atoms with van der Waals surface area (Å²) in [4.78, 5) is 27.7. The fourth-order valence-electron chi connectivity index (χ4n) is 3.30. The van der Waals surface area contributed by atoms with Crippen LogP contribution < -0.4 is 5.32 Å². The van der Waals surface area contributed by atoms with Gasteiger partial charge in [-0.3, -0.25) is 9.78 Å². The van der Waals surface area contributed by atoms with Gasteiger partial charge in [0.25, 0.3) is 5.91 Å². The highest BCUT2D eigenvalue weighted by Crippen LogP contribution is 2.22. The van der Waals surface area contributed by atoms with E-state index in [0.717, 1.165) is 31.4 Å². The van der Waals surface area contributed by atoms with Crippen LogP contribution in [0.3, 0.4) is 0 Å². The van der Waals surface area contributed by atoms with Crippen LogP contribution in [0.1, 0.15) is 54.5 Å². The van der Waals surface area contributed by atoms with Gasteiger partial charge in [-0.25, -0.2) is 9.97 Å². The van der Waals surface area contributed by atoms with Crippen LogP contribution in [0, 0.1) is 6.92 Å². The number of aromatic nitrogens is 3. The number of amides is 1.